The zero-order valence-corrected chi connectivity index (χ0v) is 12.0. The highest BCUT2D eigenvalue weighted by atomic mass is 16.4. The molecular formula is C17H15NO4. The number of allylic oxidation sites excluding steroid dienone is 2. The fourth-order valence-corrected chi connectivity index (χ4v) is 4.31. The number of carbonyl (C=O) groups excluding carboxylic acids is 2. The molecule has 1 N–H and O–H groups in total. The predicted molar refractivity (Wildman–Crippen MR) is 78.2 cm³/mol. The Morgan fingerprint density at radius 2 is 1.95 bits per heavy atom. The van der Waals surface area contributed by atoms with Crippen LogP contribution in [-0.4, -0.2) is 22.9 Å². The summed E-state index contributed by atoms with van der Waals surface area (Å²) in [4.78, 5) is 37.7. The molecule has 1 aromatic rings. The number of nitrogens with zero attached hydrogens (tertiary/aromatic N) is 1. The highest BCUT2D eigenvalue weighted by Gasteiger charge is 2.60. The van der Waals surface area contributed by atoms with Crippen molar-refractivity contribution in [3.63, 3.8) is 0 Å². The van der Waals surface area contributed by atoms with Crippen LogP contribution in [0, 0.1) is 23.7 Å². The molecule has 5 heteroatoms. The first-order valence-electron chi connectivity index (χ1n) is 7.38. The van der Waals surface area contributed by atoms with E-state index in [1.54, 1.807) is 12.1 Å². The van der Waals surface area contributed by atoms with E-state index in [4.69, 9.17) is 5.11 Å². The van der Waals surface area contributed by atoms with Crippen LogP contribution in [0.2, 0.25) is 0 Å². The van der Waals surface area contributed by atoms with Gasteiger partial charge in [-0.05, 0) is 43.4 Å². The molecule has 2 bridgehead atoms. The van der Waals surface area contributed by atoms with Crippen LogP contribution >= 0.6 is 0 Å². The van der Waals surface area contributed by atoms with E-state index in [1.165, 1.54) is 22.6 Å². The topological polar surface area (TPSA) is 74.7 Å². The molecule has 4 atom stereocenters. The summed E-state index contributed by atoms with van der Waals surface area (Å²) in [6.45, 7) is 2.02. The van der Waals surface area contributed by atoms with Gasteiger partial charge in [-0.1, -0.05) is 17.7 Å². The number of benzene rings is 1. The molecule has 2 aliphatic carbocycles. The molecule has 4 unspecified atom stereocenters. The lowest BCUT2D eigenvalue weighted by atomic mass is 9.82. The van der Waals surface area contributed by atoms with Gasteiger partial charge in [0, 0.05) is 0 Å². The molecule has 2 amide bonds. The van der Waals surface area contributed by atoms with E-state index in [1.807, 2.05) is 6.92 Å². The van der Waals surface area contributed by atoms with E-state index in [0.29, 0.717) is 5.69 Å². The first-order valence-corrected chi connectivity index (χ1v) is 7.38. The molecule has 0 aromatic heterocycles. The molecule has 1 aliphatic heterocycles. The van der Waals surface area contributed by atoms with Crippen molar-refractivity contribution in [3.8, 4) is 0 Å². The third-order valence-corrected chi connectivity index (χ3v) is 5.23. The van der Waals surface area contributed by atoms with Gasteiger partial charge < -0.3 is 5.11 Å². The van der Waals surface area contributed by atoms with Gasteiger partial charge in [0.1, 0.15) is 0 Å². The van der Waals surface area contributed by atoms with Crippen LogP contribution in [0.25, 0.3) is 0 Å². The molecule has 0 spiro atoms. The number of rotatable bonds is 2. The van der Waals surface area contributed by atoms with Gasteiger partial charge in [-0.15, -0.1) is 0 Å². The van der Waals surface area contributed by atoms with E-state index in [-0.39, 0.29) is 41.0 Å². The molecule has 1 aromatic carbocycles. The SMILES string of the molecule is CC1=CC2CC1C1C(=O)N(c3cccc(C(=O)O)c3)C(=O)C21. The molecule has 4 rings (SSSR count). The number of aromatic carboxylic acids is 1. The third kappa shape index (κ3) is 1.56. The predicted octanol–water partition coefficient (Wildman–Crippen LogP) is 2.09. The van der Waals surface area contributed by atoms with Crippen LogP contribution < -0.4 is 4.90 Å². The highest BCUT2D eigenvalue weighted by molar-refractivity contribution is 6.23. The van der Waals surface area contributed by atoms with Crippen molar-refractivity contribution in [1.82, 2.24) is 0 Å². The van der Waals surface area contributed by atoms with Gasteiger partial charge in [-0.3, -0.25) is 9.59 Å². The maximum absolute atomic E-state index is 12.7. The number of carbonyl (C=O) groups is 3. The molecular weight excluding hydrogens is 282 g/mol. The summed E-state index contributed by atoms with van der Waals surface area (Å²) < 4.78 is 0. The smallest absolute Gasteiger partial charge is 0.335 e. The fraction of sp³-hybridized carbons (Fsp3) is 0.353. The number of hydrogen-bond donors (Lipinski definition) is 1. The standard InChI is InChI=1S/C17H15NO4/c1-8-5-10-7-12(8)14-13(10)15(19)18(16(14)20)11-4-2-3-9(6-11)17(21)22/h2-6,10,12-14H,7H2,1H3,(H,21,22). The van der Waals surface area contributed by atoms with E-state index in [9.17, 15) is 14.4 Å². The highest BCUT2D eigenvalue weighted by Crippen LogP contribution is 2.55. The average Bonchev–Trinajstić information content (AvgIpc) is 3.10. The molecule has 112 valence electrons. The van der Waals surface area contributed by atoms with E-state index >= 15 is 0 Å². The number of imide groups is 1. The molecule has 0 radical (unpaired) electrons. The number of anilines is 1. The van der Waals surface area contributed by atoms with E-state index in [0.717, 1.165) is 6.42 Å². The Morgan fingerprint density at radius 3 is 2.68 bits per heavy atom. The summed E-state index contributed by atoms with van der Waals surface area (Å²) in [6.07, 6.45) is 3.01. The molecule has 1 heterocycles. The zero-order valence-electron chi connectivity index (χ0n) is 12.0. The van der Waals surface area contributed by atoms with E-state index < -0.39 is 5.97 Å². The Morgan fingerprint density at radius 1 is 1.23 bits per heavy atom. The molecule has 5 nitrogen and oxygen atoms in total. The number of carboxylic acid groups (broad SMARTS) is 1. The molecule has 1 saturated carbocycles. The number of fused-ring (bicyclic) bond motifs is 5. The molecule has 1 saturated heterocycles. The lowest BCUT2D eigenvalue weighted by molar-refractivity contribution is -0.123. The summed E-state index contributed by atoms with van der Waals surface area (Å²) in [5.41, 5.74) is 1.64. The third-order valence-electron chi connectivity index (χ3n) is 5.23. The van der Waals surface area contributed by atoms with Gasteiger partial charge in [0.25, 0.3) is 0 Å². The van der Waals surface area contributed by atoms with E-state index in [2.05, 4.69) is 6.08 Å². The average molecular weight is 297 g/mol. The lowest BCUT2D eigenvalue weighted by Gasteiger charge is -2.19. The lowest BCUT2D eigenvalue weighted by Crippen LogP contribution is -2.33. The molecule has 3 aliphatic rings. The Balaban J connectivity index is 1.74. The van der Waals surface area contributed by atoms with Gasteiger partial charge in [0.15, 0.2) is 0 Å². The van der Waals surface area contributed by atoms with Crippen molar-refractivity contribution in [1.29, 1.82) is 0 Å². The Kier molecular flexibility index (Phi) is 2.58. The first-order chi connectivity index (χ1) is 10.5. The molecule has 22 heavy (non-hydrogen) atoms. The van der Waals surface area contributed by atoms with Gasteiger partial charge in [0.2, 0.25) is 11.8 Å². The Labute approximate surface area is 127 Å². The minimum absolute atomic E-state index is 0.0763. The minimum Gasteiger partial charge on any atom is -0.478 e. The second-order valence-corrected chi connectivity index (χ2v) is 6.34. The van der Waals surface area contributed by atoms with Crippen LogP contribution in [0.5, 0.6) is 0 Å². The van der Waals surface area contributed by atoms with Crippen LogP contribution in [0.1, 0.15) is 23.7 Å². The van der Waals surface area contributed by atoms with Crippen molar-refractivity contribution in [2.75, 3.05) is 4.90 Å². The Bertz CT molecular complexity index is 751. The first kappa shape index (κ1) is 13.2. The van der Waals surface area contributed by atoms with Gasteiger partial charge >= 0.3 is 5.97 Å². The Hall–Kier alpha value is -2.43. The normalized spacial score (nSPS) is 32.4. The largest absolute Gasteiger partial charge is 0.478 e. The number of hydrogen-bond acceptors (Lipinski definition) is 3. The second kappa shape index (κ2) is 4.29. The fourth-order valence-electron chi connectivity index (χ4n) is 4.31. The van der Waals surface area contributed by atoms with Gasteiger partial charge in [-0.25, -0.2) is 9.69 Å². The summed E-state index contributed by atoms with van der Waals surface area (Å²) in [6, 6.07) is 6.02. The minimum atomic E-state index is -1.07. The van der Waals surface area contributed by atoms with Crippen LogP contribution in [0.15, 0.2) is 35.9 Å². The van der Waals surface area contributed by atoms with Crippen molar-refractivity contribution >= 4 is 23.5 Å². The van der Waals surface area contributed by atoms with Crippen LogP contribution in [-0.2, 0) is 9.59 Å². The van der Waals surface area contributed by atoms with Gasteiger partial charge in [0.05, 0.1) is 23.1 Å². The van der Waals surface area contributed by atoms with Crippen LogP contribution in [0.4, 0.5) is 5.69 Å². The van der Waals surface area contributed by atoms with Crippen molar-refractivity contribution in [2.24, 2.45) is 23.7 Å². The summed E-state index contributed by atoms with van der Waals surface area (Å²) >= 11 is 0. The summed E-state index contributed by atoms with van der Waals surface area (Å²) in [5, 5.41) is 9.08. The van der Waals surface area contributed by atoms with Crippen molar-refractivity contribution in [3.05, 3.63) is 41.5 Å². The monoisotopic (exact) mass is 297 g/mol. The number of carboxylic acids is 1. The molecule has 2 fully saturated rings. The summed E-state index contributed by atoms with van der Waals surface area (Å²) in [5.74, 6) is -1.66. The second-order valence-electron chi connectivity index (χ2n) is 6.34. The van der Waals surface area contributed by atoms with Crippen molar-refractivity contribution in [2.45, 2.75) is 13.3 Å². The van der Waals surface area contributed by atoms with Crippen molar-refractivity contribution < 1.29 is 19.5 Å². The summed E-state index contributed by atoms with van der Waals surface area (Å²) in [7, 11) is 0. The maximum atomic E-state index is 12.7. The van der Waals surface area contributed by atoms with Crippen LogP contribution in [0.3, 0.4) is 0 Å². The zero-order chi connectivity index (χ0) is 15.6. The van der Waals surface area contributed by atoms with Gasteiger partial charge in [-0.2, -0.15) is 0 Å². The quantitative estimate of drug-likeness (QED) is 0.670. The maximum Gasteiger partial charge on any atom is 0.335 e. The number of amides is 2.